The van der Waals surface area contributed by atoms with Crippen molar-refractivity contribution in [3.05, 3.63) is 58.3 Å². The number of carbonyl (C=O) groups is 2. The summed E-state index contributed by atoms with van der Waals surface area (Å²) in [6, 6.07) is 9.10. The molecular weight excluding hydrogens is 406 g/mol. The summed E-state index contributed by atoms with van der Waals surface area (Å²) in [6.45, 7) is 6.04. The molecule has 3 aliphatic heterocycles. The van der Waals surface area contributed by atoms with Gasteiger partial charge in [0.05, 0.1) is 36.4 Å². The fourth-order valence-corrected chi connectivity index (χ4v) is 5.89. The van der Waals surface area contributed by atoms with Crippen molar-refractivity contribution >= 4 is 17.5 Å². The molecule has 2 N–H and O–H groups in total. The predicted molar refractivity (Wildman–Crippen MR) is 120 cm³/mol. The second kappa shape index (κ2) is 8.50. The van der Waals surface area contributed by atoms with E-state index in [9.17, 15) is 14.4 Å². The van der Waals surface area contributed by atoms with E-state index < -0.39 is 0 Å². The van der Waals surface area contributed by atoms with Crippen molar-refractivity contribution in [3.63, 3.8) is 0 Å². The molecule has 2 aromatic rings. The quantitative estimate of drug-likeness (QED) is 0.734. The highest BCUT2D eigenvalue weighted by molar-refractivity contribution is 6.03. The monoisotopic (exact) mass is 436 g/mol. The van der Waals surface area contributed by atoms with E-state index in [-0.39, 0.29) is 23.3 Å². The average Bonchev–Trinajstić information content (AvgIpc) is 2.81. The Bertz CT molecular complexity index is 1070. The maximum absolute atomic E-state index is 12.8. The number of aromatic nitrogens is 2. The van der Waals surface area contributed by atoms with E-state index in [0.717, 1.165) is 56.8 Å². The van der Waals surface area contributed by atoms with Crippen LogP contribution in [0.5, 0.6) is 0 Å². The fourth-order valence-electron chi connectivity index (χ4n) is 5.89. The maximum atomic E-state index is 12.8. The fraction of sp³-hybridized carbons (Fsp3) is 0.500. The Morgan fingerprint density at radius 1 is 1.12 bits per heavy atom. The average molecular weight is 437 g/mol. The number of hydrogen-bond acceptors (Lipinski definition) is 4. The Kier molecular flexibility index (Phi) is 5.55. The molecule has 5 rings (SSSR count). The Balaban J connectivity index is 1.38. The van der Waals surface area contributed by atoms with Gasteiger partial charge in [0.2, 0.25) is 5.91 Å². The number of hydrogen-bond donors (Lipinski definition) is 2. The lowest BCUT2D eigenvalue weighted by atomic mass is 9.81. The summed E-state index contributed by atoms with van der Waals surface area (Å²) in [6.07, 6.45) is 4.70. The second-order valence-corrected chi connectivity index (χ2v) is 9.40. The minimum absolute atomic E-state index is 0.00347. The molecule has 0 aromatic carbocycles. The standard InChI is InChI=1S/C24H29N5O3/c1-16(30)27-10-7-19(8-11-27)28-13-17-12-18(15-28)23-20(5-6-22(31)29(23)14-17)26-24(32)21-4-2-3-9-25-21/h2-6,9,17-19H,7-8,10-15H2,1H3,(H,26,32)/p+1/t17-,18+/m0/s1. The van der Waals surface area contributed by atoms with Gasteiger partial charge >= 0.3 is 0 Å². The molecule has 0 saturated carbocycles. The van der Waals surface area contributed by atoms with Gasteiger partial charge in [0, 0.05) is 57.6 Å². The number of piperidine rings is 2. The largest absolute Gasteiger partial charge is 0.342 e. The summed E-state index contributed by atoms with van der Waals surface area (Å²) in [5, 5.41) is 3.01. The topological polar surface area (TPSA) is 88.7 Å². The molecule has 0 aliphatic carbocycles. The number of amides is 2. The molecule has 1 unspecified atom stereocenters. The first-order chi connectivity index (χ1) is 15.5. The van der Waals surface area contributed by atoms with Crippen molar-refractivity contribution in [2.45, 2.75) is 44.7 Å². The van der Waals surface area contributed by atoms with Crippen molar-refractivity contribution in [3.8, 4) is 0 Å². The molecule has 3 aliphatic rings. The van der Waals surface area contributed by atoms with Crippen molar-refractivity contribution < 1.29 is 14.5 Å². The van der Waals surface area contributed by atoms with Crippen LogP contribution in [-0.4, -0.2) is 58.5 Å². The van der Waals surface area contributed by atoms with Crippen LogP contribution in [0.2, 0.25) is 0 Å². The Morgan fingerprint density at radius 3 is 2.66 bits per heavy atom. The number of nitrogens with zero attached hydrogens (tertiary/aromatic N) is 3. The van der Waals surface area contributed by atoms with Gasteiger partial charge in [-0.1, -0.05) is 6.07 Å². The number of pyridine rings is 2. The van der Waals surface area contributed by atoms with Crippen LogP contribution in [0.25, 0.3) is 0 Å². The molecule has 0 radical (unpaired) electrons. The summed E-state index contributed by atoms with van der Waals surface area (Å²) >= 11 is 0. The first-order valence-electron chi connectivity index (χ1n) is 11.6. The zero-order valence-corrected chi connectivity index (χ0v) is 18.4. The molecule has 32 heavy (non-hydrogen) atoms. The van der Waals surface area contributed by atoms with Crippen molar-refractivity contribution in [1.82, 2.24) is 14.5 Å². The third-order valence-electron chi connectivity index (χ3n) is 7.39. The molecule has 0 spiro atoms. The molecule has 2 aromatic heterocycles. The third-order valence-corrected chi connectivity index (χ3v) is 7.39. The van der Waals surface area contributed by atoms with Gasteiger partial charge in [0.1, 0.15) is 5.69 Å². The normalized spacial score (nSPS) is 25.2. The number of quaternary nitrogens is 1. The van der Waals surface area contributed by atoms with Gasteiger partial charge < -0.3 is 19.7 Å². The van der Waals surface area contributed by atoms with Gasteiger partial charge in [0.15, 0.2) is 0 Å². The van der Waals surface area contributed by atoms with E-state index in [4.69, 9.17) is 0 Å². The zero-order valence-electron chi connectivity index (χ0n) is 18.4. The van der Waals surface area contributed by atoms with Gasteiger partial charge in [-0.3, -0.25) is 19.4 Å². The van der Waals surface area contributed by atoms with Crippen LogP contribution in [-0.2, 0) is 11.3 Å². The van der Waals surface area contributed by atoms with E-state index in [0.29, 0.717) is 24.2 Å². The molecule has 2 saturated heterocycles. The highest BCUT2D eigenvalue weighted by atomic mass is 16.2. The highest BCUT2D eigenvalue weighted by Gasteiger charge is 2.42. The number of nitrogens with one attached hydrogen (secondary N) is 2. The SMILES string of the molecule is CC(=O)N1CCC([NH+]2C[C@@H]3C[C@H](C2)c2c(NC(=O)c4ccccn4)ccc(=O)n2C3)CC1. The van der Waals surface area contributed by atoms with Crippen molar-refractivity contribution in [2.24, 2.45) is 5.92 Å². The molecule has 3 atom stereocenters. The van der Waals surface area contributed by atoms with Gasteiger partial charge in [-0.15, -0.1) is 0 Å². The third kappa shape index (κ3) is 3.95. The molecule has 8 nitrogen and oxygen atoms in total. The maximum Gasteiger partial charge on any atom is 0.274 e. The lowest BCUT2D eigenvalue weighted by Gasteiger charge is -2.45. The highest BCUT2D eigenvalue weighted by Crippen LogP contribution is 2.35. The molecule has 2 bridgehead atoms. The van der Waals surface area contributed by atoms with Gasteiger partial charge in [0.25, 0.3) is 11.5 Å². The first kappa shape index (κ1) is 20.9. The van der Waals surface area contributed by atoms with E-state index in [2.05, 4.69) is 10.3 Å². The Morgan fingerprint density at radius 2 is 1.94 bits per heavy atom. The smallest absolute Gasteiger partial charge is 0.274 e. The summed E-state index contributed by atoms with van der Waals surface area (Å²) in [5.41, 5.74) is 2.04. The summed E-state index contributed by atoms with van der Waals surface area (Å²) in [5.74, 6) is 0.596. The molecule has 5 heterocycles. The van der Waals surface area contributed by atoms with Crippen LogP contribution < -0.4 is 15.8 Å². The summed E-state index contributed by atoms with van der Waals surface area (Å²) < 4.78 is 1.88. The van der Waals surface area contributed by atoms with Crippen LogP contribution in [0.15, 0.2) is 41.3 Å². The summed E-state index contributed by atoms with van der Waals surface area (Å²) in [7, 11) is 0. The van der Waals surface area contributed by atoms with Gasteiger partial charge in [-0.25, -0.2) is 0 Å². The van der Waals surface area contributed by atoms with Crippen molar-refractivity contribution in [1.29, 1.82) is 0 Å². The number of fused-ring (bicyclic) bond motifs is 4. The van der Waals surface area contributed by atoms with Crippen molar-refractivity contribution in [2.75, 3.05) is 31.5 Å². The Hall–Kier alpha value is -3.00. The van der Waals surface area contributed by atoms with Crippen LogP contribution in [0.1, 0.15) is 48.3 Å². The van der Waals surface area contributed by atoms with E-state index >= 15 is 0 Å². The molecule has 168 valence electrons. The Labute approximate surface area is 187 Å². The molecule has 8 heteroatoms. The zero-order chi connectivity index (χ0) is 22.2. The number of likely N-dealkylation sites (tertiary alicyclic amines) is 2. The van der Waals surface area contributed by atoms with Crippen LogP contribution >= 0.6 is 0 Å². The van der Waals surface area contributed by atoms with Crippen LogP contribution in [0.3, 0.4) is 0 Å². The molecule has 2 amide bonds. The lowest BCUT2D eigenvalue weighted by molar-refractivity contribution is -0.937. The van der Waals surface area contributed by atoms with Gasteiger partial charge in [-0.2, -0.15) is 0 Å². The van der Waals surface area contributed by atoms with E-state index in [1.54, 1.807) is 48.4 Å². The minimum Gasteiger partial charge on any atom is -0.342 e. The van der Waals surface area contributed by atoms with E-state index in [1.807, 2.05) is 9.47 Å². The first-order valence-corrected chi connectivity index (χ1v) is 11.6. The summed E-state index contributed by atoms with van der Waals surface area (Å²) in [4.78, 5) is 44.8. The van der Waals surface area contributed by atoms with Crippen LogP contribution in [0.4, 0.5) is 5.69 Å². The second-order valence-electron chi connectivity index (χ2n) is 9.40. The number of carbonyl (C=O) groups excluding carboxylic acids is 2. The van der Waals surface area contributed by atoms with Gasteiger partial charge in [-0.05, 0) is 24.6 Å². The number of rotatable bonds is 3. The predicted octanol–water partition coefficient (Wildman–Crippen LogP) is 0.509. The molecular formula is C24H30N5O3+. The van der Waals surface area contributed by atoms with Crippen LogP contribution in [0, 0.1) is 5.92 Å². The molecule has 2 fully saturated rings. The van der Waals surface area contributed by atoms with E-state index in [1.165, 1.54) is 0 Å². The minimum atomic E-state index is -0.259. The lowest BCUT2D eigenvalue weighted by Crippen LogP contribution is -3.18. The number of anilines is 1.